The van der Waals surface area contributed by atoms with Crippen LogP contribution in [0.2, 0.25) is 0 Å². The molecule has 0 N–H and O–H groups in total. The van der Waals surface area contributed by atoms with E-state index in [2.05, 4.69) is 128 Å². The van der Waals surface area contributed by atoms with Crippen molar-refractivity contribution in [3.05, 3.63) is 143 Å². The van der Waals surface area contributed by atoms with Gasteiger partial charge in [-0.15, -0.1) is 0 Å². The number of benzene rings is 5. The van der Waals surface area contributed by atoms with Crippen molar-refractivity contribution in [3.63, 3.8) is 0 Å². The fraction of sp³-hybridized carbons (Fsp3) is 0.171. The second kappa shape index (κ2) is 9.89. The monoisotopic (exact) mass is 526 g/mol. The molecule has 1 atom stereocenters. The average molecular weight is 527 g/mol. The number of fused-ring (bicyclic) bond motifs is 5. The highest BCUT2D eigenvalue weighted by Gasteiger charge is 2.31. The second-order valence-corrected chi connectivity index (χ2v) is 11.9. The third-order valence-corrected chi connectivity index (χ3v) is 9.48. The Morgan fingerprint density at radius 3 is 1.76 bits per heavy atom. The zero-order valence-corrected chi connectivity index (χ0v) is 23.7. The summed E-state index contributed by atoms with van der Waals surface area (Å²) in [5, 5.41) is 0. The molecule has 3 aliphatic carbocycles. The molecule has 0 heterocycles. The van der Waals surface area contributed by atoms with E-state index in [1.807, 2.05) is 0 Å². The van der Waals surface area contributed by atoms with E-state index in [1.54, 1.807) is 0 Å². The molecule has 0 aliphatic heterocycles. The van der Waals surface area contributed by atoms with Gasteiger partial charge in [-0.05, 0) is 116 Å². The predicted molar refractivity (Wildman–Crippen MR) is 175 cm³/mol. The summed E-state index contributed by atoms with van der Waals surface area (Å²) in [6, 6.07) is 36.0. The van der Waals surface area contributed by atoms with Crippen LogP contribution in [0.3, 0.4) is 0 Å². The third kappa shape index (κ3) is 3.89. The van der Waals surface area contributed by atoms with Crippen molar-refractivity contribution in [1.29, 1.82) is 0 Å². The van der Waals surface area contributed by atoms with Gasteiger partial charge in [-0.25, -0.2) is 0 Å². The SMILES string of the molecule is CC1Cc2c(-c3ccccc3)cccc2-c2cccc(-c3c4c(c(-c5ccccc5)c5c3CCC=C5)CCC=C4)c21. The number of rotatable bonds is 3. The van der Waals surface area contributed by atoms with Crippen LogP contribution in [0, 0.1) is 0 Å². The zero-order chi connectivity index (χ0) is 27.3. The summed E-state index contributed by atoms with van der Waals surface area (Å²) in [6.07, 6.45) is 15.1. The van der Waals surface area contributed by atoms with E-state index in [0.29, 0.717) is 5.92 Å². The number of hydrogen-bond acceptors (Lipinski definition) is 0. The lowest BCUT2D eigenvalue weighted by atomic mass is 9.71. The van der Waals surface area contributed by atoms with Gasteiger partial charge in [0, 0.05) is 0 Å². The van der Waals surface area contributed by atoms with Gasteiger partial charge in [-0.1, -0.05) is 128 Å². The maximum absolute atomic E-state index is 2.44. The molecule has 0 nitrogen and oxygen atoms in total. The van der Waals surface area contributed by atoms with E-state index >= 15 is 0 Å². The molecular formula is C41H34. The van der Waals surface area contributed by atoms with Crippen LogP contribution in [0.1, 0.15) is 59.1 Å². The normalized spacial score (nSPS) is 16.5. The maximum Gasteiger partial charge on any atom is -0.00670 e. The molecule has 8 rings (SSSR count). The fourth-order valence-corrected chi connectivity index (χ4v) is 7.79. The van der Waals surface area contributed by atoms with Crippen LogP contribution >= 0.6 is 0 Å². The minimum atomic E-state index is 0.436. The van der Waals surface area contributed by atoms with Gasteiger partial charge in [-0.2, -0.15) is 0 Å². The van der Waals surface area contributed by atoms with E-state index in [9.17, 15) is 0 Å². The standard InChI is InChI=1S/C41H34/c1-27-26-38-30(28-14-4-2-5-15-28)22-12-23-31(38)32-24-13-25-37(39(27)32)41-35-20-10-8-18-33(35)40(29-16-6-3-7-17-29)34-19-9-11-21-36(34)41/h2-8,11-18,21-25,27H,9-10,19-20,26H2,1H3. The molecule has 0 amide bonds. The van der Waals surface area contributed by atoms with Crippen molar-refractivity contribution < 1.29 is 0 Å². The Morgan fingerprint density at radius 2 is 1.05 bits per heavy atom. The molecule has 1 unspecified atom stereocenters. The summed E-state index contributed by atoms with van der Waals surface area (Å²) in [4.78, 5) is 0. The second-order valence-electron chi connectivity index (χ2n) is 11.9. The highest BCUT2D eigenvalue weighted by Crippen LogP contribution is 2.51. The summed E-state index contributed by atoms with van der Waals surface area (Å²) < 4.78 is 0. The highest BCUT2D eigenvalue weighted by atomic mass is 14.3. The van der Waals surface area contributed by atoms with Crippen LogP contribution in [0.5, 0.6) is 0 Å². The Morgan fingerprint density at radius 1 is 0.488 bits per heavy atom. The van der Waals surface area contributed by atoms with Crippen LogP contribution in [0.25, 0.3) is 56.7 Å². The van der Waals surface area contributed by atoms with Crippen molar-refractivity contribution in [2.75, 3.05) is 0 Å². The molecule has 5 aromatic carbocycles. The van der Waals surface area contributed by atoms with E-state index < -0.39 is 0 Å². The van der Waals surface area contributed by atoms with Crippen molar-refractivity contribution in [2.24, 2.45) is 0 Å². The molecule has 0 radical (unpaired) electrons. The molecule has 0 aromatic heterocycles. The van der Waals surface area contributed by atoms with Gasteiger partial charge in [0.15, 0.2) is 0 Å². The van der Waals surface area contributed by atoms with Crippen LogP contribution < -0.4 is 0 Å². The molecule has 3 aliphatic rings. The van der Waals surface area contributed by atoms with Crippen molar-refractivity contribution in [1.82, 2.24) is 0 Å². The molecule has 0 heteroatoms. The first-order chi connectivity index (χ1) is 20.3. The van der Waals surface area contributed by atoms with E-state index in [0.717, 1.165) is 32.1 Å². The Kier molecular flexibility index (Phi) is 5.88. The molecule has 0 saturated heterocycles. The topological polar surface area (TPSA) is 0 Å². The molecule has 0 saturated carbocycles. The van der Waals surface area contributed by atoms with E-state index in [-0.39, 0.29) is 0 Å². The lowest BCUT2D eigenvalue weighted by molar-refractivity contribution is 0.752. The highest BCUT2D eigenvalue weighted by molar-refractivity contribution is 5.96. The summed E-state index contributed by atoms with van der Waals surface area (Å²) in [5.74, 6) is 0.436. The summed E-state index contributed by atoms with van der Waals surface area (Å²) in [5.41, 5.74) is 20.2. The first-order valence-electron chi connectivity index (χ1n) is 15.2. The lowest BCUT2D eigenvalue weighted by Crippen LogP contribution is -2.14. The van der Waals surface area contributed by atoms with Gasteiger partial charge in [0.2, 0.25) is 0 Å². The smallest absolute Gasteiger partial charge is 0.00670 e. The van der Waals surface area contributed by atoms with Crippen LogP contribution in [0.15, 0.2) is 109 Å². The molecular weight excluding hydrogens is 492 g/mol. The quantitative estimate of drug-likeness (QED) is 0.219. The van der Waals surface area contributed by atoms with Crippen molar-refractivity contribution in [2.45, 2.75) is 44.9 Å². The zero-order valence-electron chi connectivity index (χ0n) is 23.7. The van der Waals surface area contributed by atoms with Gasteiger partial charge in [0.05, 0.1) is 0 Å². The van der Waals surface area contributed by atoms with Crippen molar-refractivity contribution in [3.8, 4) is 44.5 Å². The first-order valence-corrected chi connectivity index (χ1v) is 15.2. The van der Waals surface area contributed by atoms with Gasteiger partial charge >= 0.3 is 0 Å². The molecule has 0 bridgehead atoms. The summed E-state index contributed by atoms with van der Waals surface area (Å²) in [7, 11) is 0. The third-order valence-electron chi connectivity index (χ3n) is 9.48. The maximum atomic E-state index is 2.44. The number of allylic oxidation sites excluding steroid dienone is 2. The van der Waals surface area contributed by atoms with Gasteiger partial charge < -0.3 is 0 Å². The Balaban J connectivity index is 1.40. The Bertz CT molecular complexity index is 1850. The molecule has 41 heavy (non-hydrogen) atoms. The van der Waals surface area contributed by atoms with Crippen LogP contribution in [-0.4, -0.2) is 0 Å². The molecule has 0 spiro atoms. The average Bonchev–Trinajstić information content (AvgIpc) is 3.04. The van der Waals surface area contributed by atoms with Crippen LogP contribution in [-0.2, 0) is 19.3 Å². The number of hydrogen-bond donors (Lipinski definition) is 0. The van der Waals surface area contributed by atoms with E-state index in [1.165, 1.54) is 77.9 Å². The molecule has 0 fully saturated rings. The largest absolute Gasteiger partial charge is 0.0836 e. The Hall–Kier alpha value is -4.42. The first kappa shape index (κ1) is 24.4. The Labute approximate surface area is 243 Å². The van der Waals surface area contributed by atoms with Crippen LogP contribution in [0.4, 0.5) is 0 Å². The van der Waals surface area contributed by atoms with E-state index in [4.69, 9.17) is 0 Å². The van der Waals surface area contributed by atoms with Gasteiger partial charge in [0.25, 0.3) is 0 Å². The molecule has 5 aromatic rings. The van der Waals surface area contributed by atoms with Gasteiger partial charge in [-0.3, -0.25) is 0 Å². The predicted octanol–water partition coefficient (Wildman–Crippen LogP) is 10.9. The van der Waals surface area contributed by atoms with Crippen molar-refractivity contribution >= 4 is 12.2 Å². The fourth-order valence-electron chi connectivity index (χ4n) is 7.79. The lowest BCUT2D eigenvalue weighted by Gasteiger charge is -2.33. The minimum Gasteiger partial charge on any atom is -0.0836 e. The summed E-state index contributed by atoms with van der Waals surface area (Å²) >= 11 is 0. The van der Waals surface area contributed by atoms with Gasteiger partial charge in [0.1, 0.15) is 0 Å². The summed E-state index contributed by atoms with van der Waals surface area (Å²) in [6.45, 7) is 2.44. The molecule has 198 valence electrons. The minimum absolute atomic E-state index is 0.436.